The van der Waals surface area contributed by atoms with E-state index in [4.69, 9.17) is 11.6 Å². The Labute approximate surface area is 133 Å². The van der Waals surface area contributed by atoms with Gasteiger partial charge in [0.25, 0.3) is 0 Å². The molecule has 1 aromatic heterocycles. The molecule has 4 nitrogen and oxygen atoms in total. The minimum absolute atomic E-state index is 0.127. The topological polar surface area (TPSA) is 42.3 Å². The van der Waals surface area contributed by atoms with Crippen molar-refractivity contribution in [3.05, 3.63) is 18.0 Å². The van der Waals surface area contributed by atoms with Gasteiger partial charge >= 0.3 is 0 Å². The van der Waals surface area contributed by atoms with Crippen molar-refractivity contribution in [2.24, 2.45) is 0 Å². The molecule has 1 saturated heterocycles. The first kappa shape index (κ1) is 16.8. The molecular formula is C15H25ClN2O2S. The van der Waals surface area contributed by atoms with Gasteiger partial charge in [-0.25, -0.2) is 8.42 Å². The van der Waals surface area contributed by atoms with E-state index in [1.165, 1.54) is 0 Å². The number of rotatable bonds is 5. The lowest BCUT2D eigenvalue weighted by atomic mass is 10.1. The average Bonchev–Trinajstić information content (AvgIpc) is 2.76. The second-order valence-electron chi connectivity index (χ2n) is 5.61. The van der Waals surface area contributed by atoms with Crippen molar-refractivity contribution < 1.29 is 8.42 Å². The maximum Gasteiger partial charge on any atom is 0.244 e. The largest absolute Gasteiger partial charge is 0.349 e. The van der Waals surface area contributed by atoms with Crippen molar-refractivity contribution in [1.82, 2.24) is 8.87 Å². The minimum Gasteiger partial charge on any atom is -0.349 e. The molecule has 21 heavy (non-hydrogen) atoms. The summed E-state index contributed by atoms with van der Waals surface area (Å²) in [6.07, 6.45) is 6.75. The second-order valence-corrected chi connectivity index (χ2v) is 7.77. The summed E-state index contributed by atoms with van der Waals surface area (Å²) in [5.41, 5.74) is 0.862. The molecule has 2 rings (SSSR count). The van der Waals surface area contributed by atoms with Gasteiger partial charge in [0.15, 0.2) is 0 Å². The molecule has 1 atom stereocenters. The first-order valence-corrected chi connectivity index (χ1v) is 9.78. The Balaban J connectivity index is 2.37. The molecule has 0 radical (unpaired) electrons. The highest BCUT2D eigenvalue weighted by molar-refractivity contribution is 7.89. The van der Waals surface area contributed by atoms with E-state index in [0.29, 0.717) is 17.3 Å². The van der Waals surface area contributed by atoms with Crippen LogP contribution in [-0.4, -0.2) is 29.9 Å². The summed E-state index contributed by atoms with van der Waals surface area (Å²) in [6.45, 7) is 5.43. The number of sulfonamides is 1. The maximum absolute atomic E-state index is 13.0. The van der Waals surface area contributed by atoms with Gasteiger partial charge in [0.1, 0.15) is 4.90 Å². The number of aromatic nitrogens is 1. The smallest absolute Gasteiger partial charge is 0.244 e. The molecule has 1 unspecified atom stereocenters. The van der Waals surface area contributed by atoms with Crippen LogP contribution in [0.2, 0.25) is 0 Å². The van der Waals surface area contributed by atoms with Gasteiger partial charge in [0, 0.05) is 31.0 Å². The number of aryl methyl sites for hydroxylation is 1. The summed E-state index contributed by atoms with van der Waals surface area (Å²) in [5.74, 6) is 0.334. The quantitative estimate of drug-likeness (QED) is 0.773. The van der Waals surface area contributed by atoms with Crippen molar-refractivity contribution in [3.63, 3.8) is 0 Å². The number of hydrogen-bond donors (Lipinski definition) is 0. The van der Waals surface area contributed by atoms with E-state index in [1.54, 1.807) is 16.6 Å². The number of halogens is 1. The summed E-state index contributed by atoms with van der Waals surface area (Å²) >= 11 is 5.91. The molecular weight excluding hydrogens is 308 g/mol. The lowest BCUT2D eigenvalue weighted by Gasteiger charge is -2.27. The first-order valence-electron chi connectivity index (χ1n) is 7.81. The normalized spacial score (nSPS) is 21.4. The summed E-state index contributed by atoms with van der Waals surface area (Å²) in [5, 5.41) is 0. The molecule has 0 bridgehead atoms. The van der Waals surface area contributed by atoms with Gasteiger partial charge < -0.3 is 4.57 Å². The Morgan fingerprint density at radius 3 is 2.62 bits per heavy atom. The SMILES string of the molecule is CCC1CCCCCN1S(=O)(=O)c1cc(CCl)n(CC)c1. The fourth-order valence-electron chi connectivity index (χ4n) is 3.08. The molecule has 1 aliphatic heterocycles. The molecule has 0 aromatic carbocycles. The van der Waals surface area contributed by atoms with Crippen LogP contribution < -0.4 is 0 Å². The summed E-state index contributed by atoms with van der Waals surface area (Å²) in [6, 6.07) is 1.85. The van der Waals surface area contributed by atoms with Crippen LogP contribution in [-0.2, 0) is 22.4 Å². The molecule has 0 aliphatic carbocycles. The van der Waals surface area contributed by atoms with E-state index >= 15 is 0 Å². The predicted molar refractivity (Wildman–Crippen MR) is 86.1 cm³/mol. The average molecular weight is 333 g/mol. The molecule has 0 saturated carbocycles. The van der Waals surface area contributed by atoms with Crippen molar-refractivity contribution >= 4 is 21.6 Å². The molecule has 0 N–H and O–H groups in total. The predicted octanol–water partition coefficient (Wildman–Crippen LogP) is 3.59. The van der Waals surface area contributed by atoms with Crippen LogP contribution in [0.5, 0.6) is 0 Å². The zero-order valence-electron chi connectivity index (χ0n) is 12.9. The molecule has 0 spiro atoms. The van der Waals surface area contributed by atoms with E-state index in [9.17, 15) is 8.42 Å². The summed E-state index contributed by atoms with van der Waals surface area (Å²) in [7, 11) is -3.41. The number of hydrogen-bond acceptors (Lipinski definition) is 2. The maximum atomic E-state index is 13.0. The van der Waals surface area contributed by atoms with Crippen LogP contribution >= 0.6 is 11.6 Å². The summed E-state index contributed by atoms with van der Waals surface area (Å²) in [4.78, 5) is 0.389. The van der Waals surface area contributed by atoms with Crippen LogP contribution in [0.25, 0.3) is 0 Å². The second kappa shape index (κ2) is 7.16. The highest BCUT2D eigenvalue weighted by atomic mass is 35.5. The van der Waals surface area contributed by atoms with Crippen molar-refractivity contribution in [2.45, 2.75) is 69.3 Å². The minimum atomic E-state index is -3.41. The van der Waals surface area contributed by atoms with Gasteiger partial charge in [0.05, 0.1) is 5.88 Å². The van der Waals surface area contributed by atoms with Gasteiger partial charge in [-0.3, -0.25) is 0 Å². The van der Waals surface area contributed by atoms with Crippen molar-refractivity contribution in [1.29, 1.82) is 0 Å². The highest BCUT2D eigenvalue weighted by Gasteiger charge is 2.32. The van der Waals surface area contributed by atoms with E-state index in [0.717, 1.165) is 44.3 Å². The molecule has 120 valence electrons. The van der Waals surface area contributed by atoms with Gasteiger partial charge in [-0.15, -0.1) is 11.6 Å². The van der Waals surface area contributed by atoms with Crippen LogP contribution in [0.4, 0.5) is 0 Å². The molecule has 1 aromatic rings. The first-order chi connectivity index (χ1) is 10.0. The fourth-order valence-corrected chi connectivity index (χ4v) is 5.15. The Bertz CT molecular complexity index is 547. The molecule has 2 heterocycles. The number of alkyl halides is 1. The Morgan fingerprint density at radius 2 is 2.05 bits per heavy atom. The van der Waals surface area contributed by atoms with E-state index < -0.39 is 10.0 Å². The van der Waals surface area contributed by atoms with Gasteiger partial charge in [-0.1, -0.05) is 19.8 Å². The van der Waals surface area contributed by atoms with Crippen LogP contribution in [0.1, 0.15) is 51.6 Å². The van der Waals surface area contributed by atoms with Crippen LogP contribution in [0.15, 0.2) is 17.2 Å². The lowest BCUT2D eigenvalue weighted by molar-refractivity contribution is 0.315. The molecule has 6 heteroatoms. The van der Waals surface area contributed by atoms with Gasteiger partial charge in [0.2, 0.25) is 10.0 Å². The van der Waals surface area contributed by atoms with E-state index in [-0.39, 0.29) is 6.04 Å². The number of nitrogens with zero attached hydrogens (tertiary/aromatic N) is 2. The summed E-state index contributed by atoms with van der Waals surface area (Å²) < 4.78 is 29.6. The molecule has 1 fully saturated rings. The Morgan fingerprint density at radius 1 is 1.29 bits per heavy atom. The van der Waals surface area contributed by atoms with Crippen molar-refractivity contribution in [2.75, 3.05) is 6.54 Å². The third-order valence-electron chi connectivity index (χ3n) is 4.34. The van der Waals surface area contributed by atoms with E-state index in [2.05, 4.69) is 6.92 Å². The zero-order chi connectivity index (χ0) is 15.5. The van der Waals surface area contributed by atoms with Crippen LogP contribution in [0, 0.1) is 0 Å². The highest BCUT2D eigenvalue weighted by Crippen LogP contribution is 2.27. The van der Waals surface area contributed by atoms with Gasteiger partial charge in [-0.2, -0.15) is 4.31 Å². The van der Waals surface area contributed by atoms with Gasteiger partial charge in [-0.05, 0) is 32.3 Å². The van der Waals surface area contributed by atoms with Crippen LogP contribution in [0.3, 0.4) is 0 Å². The fraction of sp³-hybridized carbons (Fsp3) is 0.733. The van der Waals surface area contributed by atoms with Crippen molar-refractivity contribution in [3.8, 4) is 0 Å². The third-order valence-corrected chi connectivity index (χ3v) is 6.53. The molecule has 0 amide bonds. The molecule has 1 aliphatic rings. The third kappa shape index (κ3) is 3.46. The monoisotopic (exact) mass is 332 g/mol. The lowest BCUT2D eigenvalue weighted by Crippen LogP contribution is -2.39. The van der Waals surface area contributed by atoms with E-state index in [1.807, 2.05) is 11.5 Å². The standard InChI is InChI=1S/C15H25ClN2O2S/c1-3-13-8-6-5-7-9-18(13)21(19,20)15-10-14(11-16)17(4-2)12-15/h10,12-13H,3-9,11H2,1-2H3. The Hall–Kier alpha value is -0.520. The zero-order valence-corrected chi connectivity index (χ0v) is 14.5. The Kier molecular flexibility index (Phi) is 5.74.